The Bertz CT molecular complexity index is 391. The van der Waals surface area contributed by atoms with E-state index < -0.39 is 24.0 Å². The van der Waals surface area contributed by atoms with E-state index in [4.69, 9.17) is 0 Å². The summed E-state index contributed by atoms with van der Waals surface area (Å²) in [6, 6.07) is -1.83. The van der Waals surface area contributed by atoms with Crippen molar-refractivity contribution >= 4 is 17.8 Å². The summed E-state index contributed by atoms with van der Waals surface area (Å²) in [5.41, 5.74) is 0. The molecule has 140 valence electrons. The maximum atomic E-state index is 11.8. The second-order valence-corrected chi connectivity index (χ2v) is 6.42. The predicted octanol–water partition coefficient (Wildman–Crippen LogP) is -1.33. The van der Waals surface area contributed by atoms with Gasteiger partial charge < -0.3 is 20.5 Å². The maximum absolute atomic E-state index is 11.8. The van der Waals surface area contributed by atoms with Crippen LogP contribution in [-0.4, -0.2) is 29.9 Å². The molecule has 0 saturated carbocycles. The molecular formula is C18H33N2NaO4. The summed E-state index contributed by atoms with van der Waals surface area (Å²) in [4.78, 5) is 34.0. The third-order valence-corrected chi connectivity index (χ3v) is 3.99. The first kappa shape index (κ1) is 26.6. The van der Waals surface area contributed by atoms with E-state index in [9.17, 15) is 19.5 Å². The van der Waals surface area contributed by atoms with E-state index in [0.717, 1.165) is 19.3 Å². The fraction of sp³-hybridized carbons (Fsp3) is 0.833. The number of rotatable bonds is 14. The molecule has 0 fully saturated rings. The SMILES string of the molecule is CCCCCCCCCCCC(=O)N[C@@H](C)C(=O)N[C@@H](C)C(=O)[O-].[Na+]. The Morgan fingerprint density at radius 1 is 0.800 bits per heavy atom. The minimum atomic E-state index is -1.35. The van der Waals surface area contributed by atoms with Gasteiger partial charge in [-0.3, -0.25) is 9.59 Å². The molecule has 0 aromatic carbocycles. The number of carboxylic acid groups (broad SMARTS) is 1. The summed E-state index contributed by atoms with van der Waals surface area (Å²) >= 11 is 0. The van der Waals surface area contributed by atoms with Crippen molar-refractivity contribution in [3.63, 3.8) is 0 Å². The van der Waals surface area contributed by atoms with E-state index in [1.807, 2.05) is 0 Å². The molecule has 2 atom stereocenters. The topological polar surface area (TPSA) is 98.3 Å². The number of hydrogen-bond acceptors (Lipinski definition) is 4. The summed E-state index contributed by atoms with van der Waals surface area (Å²) in [6.07, 6.45) is 11.0. The second-order valence-electron chi connectivity index (χ2n) is 6.42. The van der Waals surface area contributed by atoms with Gasteiger partial charge in [-0.2, -0.15) is 0 Å². The number of carboxylic acids is 1. The van der Waals surface area contributed by atoms with Crippen molar-refractivity contribution in [3.8, 4) is 0 Å². The number of amides is 2. The molecule has 0 saturated heterocycles. The van der Waals surface area contributed by atoms with Gasteiger partial charge in [0.25, 0.3) is 0 Å². The average Bonchev–Trinajstić information content (AvgIpc) is 2.52. The first-order valence-electron chi connectivity index (χ1n) is 9.19. The van der Waals surface area contributed by atoms with Crippen LogP contribution < -0.4 is 45.3 Å². The number of aliphatic carboxylic acids is 1. The number of hydrogen-bond donors (Lipinski definition) is 2. The van der Waals surface area contributed by atoms with E-state index in [-0.39, 0.29) is 35.5 Å². The van der Waals surface area contributed by atoms with Crippen LogP contribution in [-0.2, 0) is 14.4 Å². The van der Waals surface area contributed by atoms with Gasteiger partial charge in [-0.25, -0.2) is 0 Å². The molecule has 0 aliphatic heterocycles. The van der Waals surface area contributed by atoms with E-state index in [1.54, 1.807) is 0 Å². The fourth-order valence-electron chi connectivity index (χ4n) is 2.37. The fourth-order valence-corrected chi connectivity index (χ4v) is 2.37. The molecule has 6 nitrogen and oxygen atoms in total. The van der Waals surface area contributed by atoms with Crippen LogP contribution in [0.5, 0.6) is 0 Å². The second kappa shape index (κ2) is 16.9. The van der Waals surface area contributed by atoms with Crippen molar-refractivity contribution in [1.82, 2.24) is 10.6 Å². The van der Waals surface area contributed by atoms with Crippen molar-refractivity contribution in [1.29, 1.82) is 0 Å². The molecule has 0 bridgehead atoms. The van der Waals surface area contributed by atoms with Gasteiger partial charge in [0, 0.05) is 6.42 Å². The third-order valence-electron chi connectivity index (χ3n) is 3.99. The van der Waals surface area contributed by atoms with Crippen LogP contribution in [0.4, 0.5) is 0 Å². The molecular weight excluding hydrogens is 331 g/mol. The monoisotopic (exact) mass is 364 g/mol. The van der Waals surface area contributed by atoms with Crippen LogP contribution in [0.1, 0.15) is 85.0 Å². The average molecular weight is 364 g/mol. The molecule has 0 spiro atoms. The largest absolute Gasteiger partial charge is 1.00 e. The van der Waals surface area contributed by atoms with Crippen LogP contribution in [0.25, 0.3) is 0 Å². The minimum absolute atomic E-state index is 0. The van der Waals surface area contributed by atoms with Gasteiger partial charge in [-0.05, 0) is 20.3 Å². The molecule has 0 heterocycles. The van der Waals surface area contributed by atoms with E-state index >= 15 is 0 Å². The van der Waals surface area contributed by atoms with Crippen LogP contribution >= 0.6 is 0 Å². The Hall–Kier alpha value is -0.590. The normalized spacial score (nSPS) is 12.6. The van der Waals surface area contributed by atoms with Gasteiger partial charge in [-0.15, -0.1) is 0 Å². The van der Waals surface area contributed by atoms with Crippen molar-refractivity contribution < 1.29 is 49.0 Å². The summed E-state index contributed by atoms with van der Waals surface area (Å²) < 4.78 is 0. The zero-order valence-electron chi connectivity index (χ0n) is 16.4. The molecule has 0 radical (unpaired) electrons. The van der Waals surface area contributed by atoms with E-state index in [0.29, 0.717) is 6.42 Å². The number of carbonyl (C=O) groups excluding carboxylic acids is 3. The first-order valence-corrected chi connectivity index (χ1v) is 9.19. The molecule has 25 heavy (non-hydrogen) atoms. The summed E-state index contributed by atoms with van der Waals surface area (Å²) in [6.45, 7) is 5.06. The van der Waals surface area contributed by atoms with Gasteiger partial charge in [0.1, 0.15) is 6.04 Å². The van der Waals surface area contributed by atoms with Crippen LogP contribution in [0, 0.1) is 0 Å². The molecule has 7 heteroatoms. The molecule has 0 aromatic rings. The molecule has 0 aliphatic rings. The van der Waals surface area contributed by atoms with E-state index in [1.165, 1.54) is 52.4 Å². The summed E-state index contributed by atoms with van der Waals surface area (Å²) in [5, 5.41) is 15.4. The van der Waals surface area contributed by atoms with Crippen molar-refractivity contribution in [2.45, 2.75) is 97.1 Å². The zero-order chi connectivity index (χ0) is 18.4. The third kappa shape index (κ3) is 15.4. The van der Waals surface area contributed by atoms with Crippen molar-refractivity contribution in [3.05, 3.63) is 0 Å². The van der Waals surface area contributed by atoms with Crippen LogP contribution in [0.15, 0.2) is 0 Å². The Labute approximate surface area is 174 Å². The summed E-state index contributed by atoms with van der Waals surface area (Å²) in [7, 11) is 0. The Morgan fingerprint density at radius 2 is 1.28 bits per heavy atom. The summed E-state index contributed by atoms with van der Waals surface area (Å²) in [5.74, 6) is -2.05. The molecule has 2 N–H and O–H groups in total. The van der Waals surface area contributed by atoms with Crippen molar-refractivity contribution in [2.24, 2.45) is 0 Å². The standard InChI is InChI=1S/C18H34N2O4.Na/c1-4-5-6-7-8-9-10-11-12-13-16(21)19-14(2)17(22)20-15(3)18(23)24;/h14-15H,4-13H2,1-3H3,(H,19,21)(H,20,22)(H,23,24);/q;+1/p-1/t14-,15-;/m0./s1. The minimum Gasteiger partial charge on any atom is -0.548 e. The number of nitrogens with one attached hydrogen (secondary N) is 2. The quantitative estimate of drug-likeness (QED) is 0.295. The van der Waals surface area contributed by atoms with Gasteiger partial charge in [0.05, 0.1) is 12.0 Å². The number of unbranched alkanes of at least 4 members (excludes halogenated alkanes) is 8. The maximum Gasteiger partial charge on any atom is 1.00 e. The van der Waals surface area contributed by atoms with Gasteiger partial charge >= 0.3 is 29.6 Å². The zero-order valence-corrected chi connectivity index (χ0v) is 18.4. The van der Waals surface area contributed by atoms with Crippen LogP contribution in [0.3, 0.4) is 0 Å². The van der Waals surface area contributed by atoms with Gasteiger partial charge in [-0.1, -0.05) is 58.3 Å². The molecule has 0 aromatic heterocycles. The smallest absolute Gasteiger partial charge is 0.548 e. The van der Waals surface area contributed by atoms with Crippen molar-refractivity contribution in [2.75, 3.05) is 0 Å². The Morgan fingerprint density at radius 3 is 1.76 bits per heavy atom. The molecule has 0 unspecified atom stereocenters. The van der Waals surface area contributed by atoms with Gasteiger partial charge in [0.15, 0.2) is 0 Å². The predicted molar refractivity (Wildman–Crippen MR) is 92.1 cm³/mol. The molecule has 0 rings (SSSR count). The Balaban J connectivity index is 0. The Kier molecular flexibility index (Phi) is 18.0. The molecule has 0 aliphatic carbocycles. The number of carbonyl (C=O) groups is 3. The van der Waals surface area contributed by atoms with E-state index in [2.05, 4.69) is 17.6 Å². The molecule has 2 amide bonds. The van der Waals surface area contributed by atoms with Gasteiger partial charge in [0.2, 0.25) is 11.8 Å². The first-order chi connectivity index (χ1) is 11.4. The van der Waals surface area contributed by atoms with Crippen LogP contribution in [0.2, 0.25) is 0 Å².